The molecular weight excluding hydrogens is 218 g/mol. The number of carbonyl (C=O) groups excluding carboxylic acids is 1. The quantitative estimate of drug-likeness (QED) is 0.729. The fourth-order valence-electron chi connectivity index (χ4n) is 1.49. The lowest BCUT2D eigenvalue weighted by molar-refractivity contribution is 0.0314. The van der Waals surface area contributed by atoms with E-state index in [9.17, 15) is 15.0 Å². The number of carbonyl (C=O) groups is 1. The SMILES string of the molecule is CCC(O)(CC)CNC(=O)c1cccc(O)c1. The van der Waals surface area contributed by atoms with E-state index < -0.39 is 5.60 Å². The number of rotatable bonds is 5. The van der Waals surface area contributed by atoms with Crippen molar-refractivity contribution < 1.29 is 15.0 Å². The lowest BCUT2D eigenvalue weighted by atomic mass is 9.97. The predicted molar refractivity (Wildman–Crippen MR) is 66.0 cm³/mol. The van der Waals surface area contributed by atoms with Crippen LogP contribution in [0.4, 0.5) is 0 Å². The molecule has 0 spiro atoms. The lowest BCUT2D eigenvalue weighted by Gasteiger charge is -2.25. The molecule has 0 bridgehead atoms. The molecule has 0 radical (unpaired) electrons. The average molecular weight is 237 g/mol. The lowest BCUT2D eigenvalue weighted by Crippen LogP contribution is -2.42. The molecule has 3 N–H and O–H groups in total. The number of aliphatic hydroxyl groups is 1. The summed E-state index contributed by atoms with van der Waals surface area (Å²) in [6.45, 7) is 3.97. The first kappa shape index (κ1) is 13.5. The Balaban J connectivity index is 2.62. The number of hydrogen-bond donors (Lipinski definition) is 3. The standard InChI is InChI=1S/C13H19NO3/c1-3-13(17,4-2)9-14-12(16)10-6-5-7-11(15)8-10/h5-8,15,17H,3-4,9H2,1-2H3,(H,14,16). The van der Waals surface area contributed by atoms with Crippen molar-refractivity contribution in [3.05, 3.63) is 29.8 Å². The van der Waals surface area contributed by atoms with E-state index >= 15 is 0 Å². The zero-order valence-electron chi connectivity index (χ0n) is 10.2. The number of phenols is 1. The topological polar surface area (TPSA) is 69.6 Å². The van der Waals surface area contributed by atoms with Gasteiger partial charge in [0.05, 0.1) is 5.60 Å². The van der Waals surface area contributed by atoms with E-state index in [0.29, 0.717) is 18.4 Å². The minimum absolute atomic E-state index is 0.0545. The normalized spacial score (nSPS) is 11.2. The average Bonchev–Trinajstić information content (AvgIpc) is 2.35. The molecule has 0 heterocycles. The number of hydrogen-bond acceptors (Lipinski definition) is 3. The van der Waals surface area contributed by atoms with Crippen LogP contribution in [0.1, 0.15) is 37.0 Å². The smallest absolute Gasteiger partial charge is 0.251 e. The Morgan fingerprint density at radius 3 is 2.53 bits per heavy atom. The first-order chi connectivity index (χ1) is 8.00. The van der Waals surface area contributed by atoms with E-state index in [0.717, 1.165) is 0 Å². The van der Waals surface area contributed by atoms with Crippen molar-refractivity contribution in [2.24, 2.45) is 0 Å². The van der Waals surface area contributed by atoms with Gasteiger partial charge in [-0.1, -0.05) is 19.9 Å². The van der Waals surface area contributed by atoms with E-state index in [1.165, 1.54) is 12.1 Å². The molecule has 1 aromatic carbocycles. The van der Waals surface area contributed by atoms with Crippen molar-refractivity contribution in [3.8, 4) is 5.75 Å². The van der Waals surface area contributed by atoms with Crippen molar-refractivity contribution in [1.29, 1.82) is 0 Å². The summed E-state index contributed by atoms with van der Waals surface area (Å²) in [6.07, 6.45) is 1.17. The van der Waals surface area contributed by atoms with Gasteiger partial charge in [-0.3, -0.25) is 4.79 Å². The first-order valence-electron chi connectivity index (χ1n) is 5.80. The highest BCUT2D eigenvalue weighted by atomic mass is 16.3. The summed E-state index contributed by atoms with van der Waals surface area (Å²) >= 11 is 0. The fraction of sp³-hybridized carbons (Fsp3) is 0.462. The summed E-state index contributed by atoms with van der Waals surface area (Å²) in [4.78, 5) is 11.7. The van der Waals surface area contributed by atoms with Gasteiger partial charge in [-0.25, -0.2) is 0 Å². The Kier molecular flexibility index (Phi) is 4.52. The van der Waals surface area contributed by atoms with Gasteiger partial charge in [0.15, 0.2) is 0 Å². The van der Waals surface area contributed by atoms with Gasteiger partial charge in [0.1, 0.15) is 5.75 Å². The van der Waals surface area contributed by atoms with Gasteiger partial charge in [-0.15, -0.1) is 0 Å². The maximum atomic E-state index is 11.7. The van der Waals surface area contributed by atoms with Crippen LogP contribution < -0.4 is 5.32 Å². The van der Waals surface area contributed by atoms with Crippen molar-refractivity contribution >= 4 is 5.91 Å². The molecule has 0 aliphatic carbocycles. The van der Waals surface area contributed by atoms with Crippen molar-refractivity contribution in [2.75, 3.05) is 6.54 Å². The monoisotopic (exact) mass is 237 g/mol. The van der Waals surface area contributed by atoms with E-state index in [2.05, 4.69) is 5.32 Å². The minimum Gasteiger partial charge on any atom is -0.508 e. The van der Waals surface area contributed by atoms with Gasteiger partial charge >= 0.3 is 0 Å². The summed E-state index contributed by atoms with van der Waals surface area (Å²) in [5.74, 6) is -0.236. The molecule has 0 aromatic heterocycles. The van der Waals surface area contributed by atoms with Crippen LogP contribution in [0.15, 0.2) is 24.3 Å². The van der Waals surface area contributed by atoms with Gasteiger partial charge in [-0.2, -0.15) is 0 Å². The molecule has 0 atom stereocenters. The van der Waals surface area contributed by atoms with Crippen LogP contribution in [-0.4, -0.2) is 28.3 Å². The van der Waals surface area contributed by atoms with Crippen molar-refractivity contribution in [1.82, 2.24) is 5.32 Å². The van der Waals surface area contributed by atoms with Crippen LogP contribution in [0.2, 0.25) is 0 Å². The molecule has 1 amide bonds. The highest BCUT2D eigenvalue weighted by molar-refractivity contribution is 5.94. The molecule has 0 aliphatic rings. The van der Waals surface area contributed by atoms with Gasteiger partial charge in [0.25, 0.3) is 5.91 Å². The highest BCUT2D eigenvalue weighted by Crippen LogP contribution is 2.14. The second-order valence-corrected chi connectivity index (χ2v) is 4.16. The highest BCUT2D eigenvalue weighted by Gasteiger charge is 2.22. The molecule has 1 aromatic rings. The number of aromatic hydroxyl groups is 1. The molecule has 0 aliphatic heterocycles. The zero-order chi connectivity index (χ0) is 12.9. The van der Waals surface area contributed by atoms with E-state index in [1.807, 2.05) is 13.8 Å². The van der Waals surface area contributed by atoms with Crippen LogP contribution in [-0.2, 0) is 0 Å². The number of amides is 1. The molecule has 4 nitrogen and oxygen atoms in total. The van der Waals surface area contributed by atoms with Crippen LogP contribution >= 0.6 is 0 Å². The molecule has 0 unspecified atom stereocenters. The maximum Gasteiger partial charge on any atom is 0.251 e. The summed E-state index contributed by atoms with van der Waals surface area (Å²) in [6, 6.07) is 6.12. The summed E-state index contributed by atoms with van der Waals surface area (Å²) < 4.78 is 0. The third-order valence-electron chi connectivity index (χ3n) is 3.00. The van der Waals surface area contributed by atoms with Crippen molar-refractivity contribution in [3.63, 3.8) is 0 Å². The van der Waals surface area contributed by atoms with Gasteiger partial charge in [-0.05, 0) is 31.0 Å². The first-order valence-corrected chi connectivity index (χ1v) is 5.80. The Labute approximate surface area is 101 Å². The van der Waals surface area contributed by atoms with Gasteiger partial charge in [0.2, 0.25) is 0 Å². The second kappa shape index (κ2) is 5.68. The zero-order valence-corrected chi connectivity index (χ0v) is 10.2. The Bertz CT molecular complexity index is 386. The van der Waals surface area contributed by atoms with Crippen LogP contribution in [0.5, 0.6) is 5.75 Å². The molecule has 94 valence electrons. The molecule has 0 saturated heterocycles. The van der Waals surface area contributed by atoms with Crippen LogP contribution in [0.25, 0.3) is 0 Å². The Hall–Kier alpha value is -1.55. The number of nitrogens with one attached hydrogen (secondary N) is 1. The molecule has 1 rings (SSSR count). The second-order valence-electron chi connectivity index (χ2n) is 4.16. The van der Waals surface area contributed by atoms with Gasteiger partial charge < -0.3 is 15.5 Å². The maximum absolute atomic E-state index is 11.7. The summed E-state index contributed by atoms with van der Waals surface area (Å²) in [5, 5.41) is 21.9. The third kappa shape index (κ3) is 3.75. The molecule has 0 saturated carbocycles. The number of phenolic OH excluding ortho intramolecular Hbond substituents is 1. The van der Waals surface area contributed by atoms with E-state index in [4.69, 9.17) is 0 Å². The molecule has 17 heavy (non-hydrogen) atoms. The molecule has 4 heteroatoms. The van der Waals surface area contributed by atoms with Crippen LogP contribution in [0.3, 0.4) is 0 Å². The largest absolute Gasteiger partial charge is 0.508 e. The van der Waals surface area contributed by atoms with Gasteiger partial charge in [0, 0.05) is 12.1 Å². The Morgan fingerprint density at radius 2 is 2.00 bits per heavy atom. The molecule has 0 fully saturated rings. The number of benzene rings is 1. The summed E-state index contributed by atoms with van der Waals surface area (Å²) in [7, 11) is 0. The van der Waals surface area contributed by atoms with Crippen molar-refractivity contribution in [2.45, 2.75) is 32.3 Å². The predicted octanol–water partition coefficient (Wildman–Crippen LogP) is 1.67. The Morgan fingerprint density at radius 1 is 1.35 bits per heavy atom. The van der Waals surface area contributed by atoms with Crippen LogP contribution in [0, 0.1) is 0 Å². The minimum atomic E-state index is -0.855. The van der Waals surface area contributed by atoms with E-state index in [-0.39, 0.29) is 18.2 Å². The van der Waals surface area contributed by atoms with E-state index in [1.54, 1.807) is 12.1 Å². The third-order valence-corrected chi connectivity index (χ3v) is 3.00. The summed E-state index contributed by atoms with van der Waals surface area (Å²) in [5.41, 5.74) is -0.466. The molecular formula is C13H19NO3. The fourth-order valence-corrected chi connectivity index (χ4v) is 1.49.